The number of benzene rings is 1. The fraction of sp³-hybridized carbons (Fsp3) is 0.471. The number of ether oxygens (including phenoxy) is 1. The Morgan fingerprint density at radius 2 is 2.10 bits per heavy atom. The van der Waals surface area contributed by atoms with E-state index in [1.54, 1.807) is 0 Å². The van der Waals surface area contributed by atoms with Gasteiger partial charge in [0.1, 0.15) is 11.6 Å². The summed E-state index contributed by atoms with van der Waals surface area (Å²) in [5.41, 5.74) is 2.21. The van der Waals surface area contributed by atoms with E-state index in [0.29, 0.717) is 6.04 Å². The van der Waals surface area contributed by atoms with Gasteiger partial charge in [0, 0.05) is 12.5 Å². The average Bonchev–Trinajstić information content (AvgIpc) is 3.11. The van der Waals surface area contributed by atoms with Crippen molar-refractivity contribution in [2.75, 3.05) is 6.54 Å². The zero-order chi connectivity index (χ0) is 14.7. The first-order chi connectivity index (χ1) is 10.2. The minimum absolute atomic E-state index is 0.202. The van der Waals surface area contributed by atoms with Crippen molar-refractivity contribution in [2.24, 2.45) is 0 Å². The number of aromatic nitrogens is 2. The molecule has 2 aromatic rings. The molecule has 1 aliphatic heterocycles. The van der Waals surface area contributed by atoms with Crippen LogP contribution in [0.3, 0.4) is 0 Å². The minimum atomic E-state index is 0.202. The van der Waals surface area contributed by atoms with Crippen molar-refractivity contribution >= 4 is 0 Å². The molecule has 1 fully saturated rings. The van der Waals surface area contributed by atoms with E-state index in [0.717, 1.165) is 35.8 Å². The molecule has 4 heteroatoms. The van der Waals surface area contributed by atoms with E-state index in [2.05, 4.69) is 27.4 Å². The third-order valence-corrected chi connectivity index (χ3v) is 3.77. The van der Waals surface area contributed by atoms with Gasteiger partial charge in [0.15, 0.2) is 0 Å². The second-order valence-corrected chi connectivity index (χ2v) is 5.93. The maximum absolute atomic E-state index is 5.66. The van der Waals surface area contributed by atoms with Crippen LogP contribution in [0.2, 0.25) is 0 Å². The van der Waals surface area contributed by atoms with Crippen LogP contribution in [0.25, 0.3) is 11.3 Å². The number of nitrogens with zero attached hydrogens (tertiary/aromatic N) is 1. The molecule has 0 radical (unpaired) electrons. The zero-order valence-corrected chi connectivity index (χ0v) is 12.7. The third kappa shape index (κ3) is 3.64. The molecule has 1 saturated heterocycles. The Bertz CT molecular complexity index is 568. The molecule has 0 spiro atoms. The van der Waals surface area contributed by atoms with Crippen molar-refractivity contribution in [3.05, 3.63) is 36.3 Å². The predicted molar refractivity (Wildman–Crippen MR) is 84.5 cm³/mol. The number of H-pyrrole nitrogens is 1. The van der Waals surface area contributed by atoms with Crippen LogP contribution in [0.1, 0.15) is 32.5 Å². The van der Waals surface area contributed by atoms with Crippen LogP contribution in [0.5, 0.6) is 5.75 Å². The summed E-state index contributed by atoms with van der Waals surface area (Å²) in [7, 11) is 0. The predicted octanol–water partition coefficient (Wildman–Crippen LogP) is 3.16. The molecule has 1 unspecified atom stereocenters. The third-order valence-electron chi connectivity index (χ3n) is 3.77. The van der Waals surface area contributed by atoms with Gasteiger partial charge in [0.05, 0.1) is 18.0 Å². The molecule has 0 aliphatic carbocycles. The normalized spacial score (nSPS) is 18.3. The van der Waals surface area contributed by atoms with Gasteiger partial charge in [-0.2, -0.15) is 0 Å². The van der Waals surface area contributed by atoms with Gasteiger partial charge in [-0.3, -0.25) is 0 Å². The molecule has 0 saturated carbocycles. The first kappa shape index (κ1) is 14.1. The van der Waals surface area contributed by atoms with Gasteiger partial charge in [-0.05, 0) is 63.1 Å². The SMILES string of the molecule is CC(C)Oc1ccc(-c2cnc(CC3CCCN3)[nH]2)cc1. The van der Waals surface area contributed by atoms with Gasteiger partial charge in [-0.15, -0.1) is 0 Å². The molecule has 4 nitrogen and oxygen atoms in total. The summed E-state index contributed by atoms with van der Waals surface area (Å²) in [5.74, 6) is 1.97. The molecule has 1 aromatic heterocycles. The molecule has 0 bridgehead atoms. The van der Waals surface area contributed by atoms with Gasteiger partial charge < -0.3 is 15.0 Å². The molecular formula is C17H23N3O. The fourth-order valence-corrected chi connectivity index (χ4v) is 2.76. The Kier molecular flexibility index (Phi) is 4.25. The van der Waals surface area contributed by atoms with Crippen LogP contribution >= 0.6 is 0 Å². The number of rotatable bonds is 5. The van der Waals surface area contributed by atoms with Crippen molar-refractivity contribution in [3.8, 4) is 17.0 Å². The number of hydrogen-bond acceptors (Lipinski definition) is 3. The number of imidazole rings is 1. The van der Waals surface area contributed by atoms with Crippen LogP contribution in [-0.2, 0) is 6.42 Å². The van der Waals surface area contributed by atoms with Crippen molar-refractivity contribution in [1.82, 2.24) is 15.3 Å². The van der Waals surface area contributed by atoms with Crippen LogP contribution < -0.4 is 10.1 Å². The van der Waals surface area contributed by atoms with Gasteiger partial charge in [0.2, 0.25) is 0 Å². The molecular weight excluding hydrogens is 262 g/mol. The molecule has 0 amide bonds. The Labute approximate surface area is 125 Å². The molecule has 1 aromatic carbocycles. The van der Waals surface area contributed by atoms with E-state index in [1.807, 2.05) is 32.2 Å². The van der Waals surface area contributed by atoms with Crippen molar-refractivity contribution in [3.63, 3.8) is 0 Å². The van der Waals surface area contributed by atoms with Crippen molar-refractivity contribution in [1.29, 1.82) is 0 Å². The van der Waals surface area contributed by atoms with E-state index >= 15 is 0 Å². The zero-order valence-electron chi connectivity index (χ0n) is 12.7. The Morgan fingerprint density at radius 1 is 1.29 bits per heavy atom. The quantitative estimate of drug-likeness (QED) is 0.887. The second-order valence-electron chi connectivity index (χ2n) is 5.93. The van der Waals surface area contributed by atoms with Crippen LogP contribution in [0.4, 0.5) is 0 Å². The average molecular weight is 285 g/mol. The summed E-state index contributed by atoms with van der Waals surface area (Å²) in [4.78, 5) is 7.92. The Balaban J connectivity index is 1.67. The summed E-state index contributed by atoms with van der Waals surface area (Å²) >= 11 is 0. The van der Waals surface area contributed by atoms with Crippen molar-refractivity contribution < 1.29 is 4.74 Å². The highest BCUT2D eigenvalue weighted by atomic mass is 16.5. The van der Waals surface area contributed by atoms with E-state index in [1.165, 1.54) is 12.8 Å². The summed E-state index contributed by atoms with van der Waals surface area (Å²) in [6, 6.07) is 8.74. The van der Waals surface area contributed by atoms with Crippen LogP contribution in [0.15, 0.2) is 30.5 Å². The number of hydrogen-bond donors (Lipinski definition) is 2. The molecule has 21 heavy (non-hydrogen) atoms. The van der Waals surface area contributed by atoms with Crippen LogP contribution in [-0.4, -0.2) is 28.7 Å². The highest BCUT2D eigenvalue weighted by Crippen LogP contribution is 2.22. The largest absolute Gasteiger partial charge is 0.491 e. The lowest BCUT2D eigenvalue weighted by atomic mass is 10.1. The summed E-state index contributed by atoms with van der Waals surface area (Å²) < 4.78 is 5.66. The maximum Gasteiger partial charge on any atom is 0.119 e. The van der Waals surface area contributed by atoms with Gasteiger partial charge >= 0.3 is 0 Å². The van der Waals surface area contributed by atoms with Crippen molar-refractivity contribution in [2.45, 2.75) is 45.3 Å². The lowest BCUT2D eigenvalue weighted by Gasteiger charge is -2.09. The van der Waals surface area contributed by atoms with Gasteiger partial charge in [-0.1, -0.05) is 0 Å². The topological polar surface area (TPSA) is 49.9 Å². The molecule has 3 rings (SSSR count). The monoisotopic (exact) mass is 285 g/mol. The minimum Gasteiger partial charge on any atom is -0.491 e. The van der Waals surface area contributed by atoms with Crippen LogP contribution in [0, 0.1) is 0 Å². The fourth-order valence-electron chi connectivity index (χ4n) is 2.76. The lowest BCUT2D eigenvalue weighted by molar-refractivity contribution is 0.242. The van der Waals surface area contributed by atoms with E-state index in [9.17, 15) is 0 Å². The molecule has 2 N–H and O–H groups in total. The maximum atomic E-state index is 5.66. The van der Waals surface area contributed by atoms with E-state index in [4.69, 9.17) is 4.74 Å². The summed E-state index contributed by atoms with van der Waals surface area (Å²) in [6.07, 6.45) is 5.62. The Hall–Kier alpha value is -1.81. The number of nitrogens with one attached hydrogen (secondary N) is 2. The highest BCUT2D eigenvalue weighted by Gasteiger charge is 2.16. The first-order valence-corrected chi connectivity index (χ1v) is 7.75. The molecule has 1 atom stereocenters. The molecule has 2 heterocycles. The smallest absolute Gasteiger partial charge is 0.119 e. The molecule has 1 aliphatic rings. The number of aromatic amines is 1. The standard InChI is InChI=1S/C17H23N3O/c1-12(2)21-15-7-5-13(6-8-15)16-11-19-17(20-16)10-14-4-3-9-18-14/h5-8,11-12,14,18H,3-4,9-10H2,1-2H3,(H,19,20). The molecule has 112 valence electrons. The summed E-state index contributed by atoms with van der Waals surface area (Å²) in [5, 5.41) is 3.50. The first-order valence-electron chi connectivity index (χ1n) is 7.75. The van der Waals surface area contributed by atoms with Gasteiger partial charge in [0.25, 0.3) is 0 Å². The lowest BCUT2D eigenvalue weighted by Crippen LogP contribution is -2.24. The Morgan fingerprint density at radius 3 is 2.76 bits per heavy atom. The van der Waals surface area contributed by atoms with Gasteiger partial charge in [-0.25, -0.2) is 4.98 Å². The second kappa shape index (κ2) is 6.31. The summed E-state index contributed by atoms with van der Waals surface area (Å²) in [6.45, 7) is 5.20. The van der Waals surface area contributed by atoms with E-state index < -0.39 is 0 Å². The highest BCUT2D eigenvalue weighted by molar-refractivity contribution is 5.59. The van der Waals surface area contributed by atoms with E-state index in [-0.39, 0.29) is 6.10 Å².